The van der Waals surface area contributed by atoms with Gasteiger partial charge in [-0.25, -0.2) is 15.0 Å². The Bertz CT molecular complexity index is 768. The maximum absolute atomic E-state index is 12.5. The minimum absolute atomic E-state index is 0.0965. The summed E-state index contributed by atoms with van der Waals surface area (Å²) >= 11 is 0. The van der Waals surface area contributed by atoms with Crippen molar-refractivity contribution in [2.45, 2.75) is 53.0 Å². The second-order valence-corrected chi connectivity index (χ2v) is 6.63. The molecule has 24 heavy (non-hydrogen) atoms. The average Bonchev–Trinajstić information content (AvgIpc) is 3.07. The van der Waals surface area contributed by atoms with Crippen LogP contribution in [0, 0.1) is 13.8 Å². The lowest BCUT2D eigenvalue weighted by molar-refractivity contribution is 0.0929. The molecule has 1 fully saturated rings. The first-order valence-corrected chi connectivity index (χ1v) is 8.71. The lowest BCUT2D eigenvalue weighted by atomic mass is 10.1. The molecule has 1 unspecified atom stereocenters. The van der Waals surface area contributed by atoms with Gasteiger partial charge in [0.05, 0.1) is 5.39 Å². The molecular formula is C18H25N5O. The van der Waals surface area contributed by atoms with E-state index in [0.717, 1.165) is 54.8 Å². The van der Waals surface area contributed by atoms with Crippen molar-refractivity contribution >= 4 is 22.8 Å². The van der Waals surface area contributed by atoms with Crippen molar-refractivity contribution in [1.82, 2.24) is 20.3 Å². The first-order chi connectivity index (χ1) is 11.5. The number of nitrogens with one attached hydrogen (secondary N) is 1. The Morgan fingerprint density at radius 1 is 1.25 bits per heavy atom. The van der Waals surface area contributed by atoms with Crippen LogP contribution in [-0.2, 0) is 0 Å². The van der Waals surface area contributed by atoms with E-state index in [9.17, 15) is 4.79 Å². The van der Waals surface area contributed by atoms with Crippen LogP contribution in [0.1, 0.15) is 55.0 Å². The number of anilines is 1. The zero-order chi connectivity index (χ0) is 17.3. The van der Waals surface area contributed by atoms with Gasteiger partial charge in [0.2, 0.25) is 5.82 Å². The van der Waals surface area contributed by atoms with E-state index >= 15 is 0 Å². The number of pyridine rings is 1. The molecule has 128 valence electrons. The minimum Gasteiger partial charge on any atom is -0.356 e. The zero-order valence-corrected chi connectivity index (χ0v) is 14.9. The van der Waals surface area contributed by atoms with Gasteiger partial charge in [-0.05, 0) is 51.7 Å². The number of hydrogen-bond donors (Lipinski definition) is 1. The first kappa shape index (κ1) is 16.6. The molecule has 0 aromatic carbocycles. The largest absolute Gasteiger partial charge is 0.356 e. The molecule has 3 rings (SSSR count). The van der Waals surface area contributed by atoms with E-state index < -0.39 is 0 Å². The molecule has 1 amide bonds. The molecule has 0 aliphatic carbocycles. The summed E-state index contributed by atoms with van der Waals surface area (Å²) in [6.45, 7) is 9.95. The summed E-state index contributed by atoms with van der Waals surface area (Å²) in [5, 5.41) is 3.91. The summed E-state index contributed by atoms with van der Waals surface area (Å²) in [6.07, 6.45) is 3.17. The second kappa shape index (κ2) is 6.71. The molecular weight excluding hydrogens is 302 g/mol. The van der Waals surface area contributed by atoms with Gasteiger partial charge in [0.25, 0.3) is 5.91 Å². The number of aromatic nitrogens is 3. The van der Waals surface area contributed by atoms with Crippen LogP contribution in [0.2, 0.25) is 0 Å². The molecule has 1 saturated heterocycles. The number of fused-ring (bicyclic) bond motifs is 1. The smallest absolute Gasteiger partial charge is 0.289 e. The van der Waals surface area contributed by atoms with Gasteiger partial charge in [-0.15, -0.1) is 0 Å². The summed E-state index contributed by atoms with van der Waals surface area (Å²) in [4.78, 5) is 28.4. The number of rotatable bonds is 4. The zero-order valence-electron chi connectivity index (χ0n) is 14.9. The minimum atomic E-state index is -0.229. The molecule has 0 bridgehead atoms. The topological polar surface area (TPSA) is 71.0 Å². The van der Waals surface area contributed by atoms with Crippen molar-refractivity contribution in [2.24, 2.45) is 0 Å². The number of amides is 1. The normalized spacial score (nSPS) is 15.8. The average molecular weight is 327 g/mol. The highest BCUT2D eigenvalue weighted by Crippen LogP contribution is 2.29. The van der Waals surface area contributed by atoms with Crippen LogP contribution < -0.4 is 10.2 Å². The molecule has 0 spiro atoms. The Balaban J connectivity index is 2.12. The molecule has 1 aliphatic rings. The van der Waals surface area contributed by atoms with Crippen molar-refractivity contribution in [1.29, 1.82) is 0 Å². The molecule has 6 nitrogen and oxygen atoms in total. The maximum atomic E-state index is 12.5. The van der Waals surface area contributed by atoms with Crippen LogP contribution in [0.4, 0.5) is 5.82 Å². The van der Waals surface area contributed by atoms with Gasteiger partial charge in [-0.2, -0.15) is 0 Å². The van der Waals surface area contributed by atoms with Crippen LogP contribution in [0.5, 0.6) is 0 Å². The van der Waals surface area contributed by atoms with E-state index in [1.54, 1.807) is 0 Å². The van der Waals surface area contributed by atoms with E-state index in [1.165, 1.54) is 0 Å². The molecule has 3 heterocycles. The van der Waals surface area contributed by atoms with Gasteiger partial charge in [-0.1, -0.05) is 6.92 Å². The van der Waals surface area contributed by atoms with Gasteiger partial charge >= 0.3 is 0 Å². The SMILES string of the molecule is CCC(C)NC(=O)c1nc(N2CCCC2)c2c(C)cc(C)nc2n1. The van der Waals surface area contributed by atoms with Crippen LogP contribution in [0.15, 0.2) is 6.07 Å². The third-order valence-corrected chi connectivity index (χ3v) is 4.57. The first-order valence-electron chi connectivity index (χ1n) is 8.71. The Hall–Kier alpha value is -2.24. The molecule has 6 heteroatoms. The number of hydrogen-bond acceptors (Lipinski definition) is 5. The summed E-state index contributed by atoms with van der Waals surface area (Å²) < 4.78 is 0. The summed E-state index contributed by atoms with van der Waals surface area (Å²) in [7, 11) is 0. The van der Waals surface area contributed by atoms with Crippen molar-refractivity contribution in [3.8, 4) is 0 Å². The van der Waals surface area contributed by atoms with Crippen LogP contribution >= 0.6 is 0 Å². The van der Waals surface area contributed by atoms with Gasteiger partial charge in [0.15, 0.2) is 5.65 Å². The maximum Gasteiger partial charge on any atom is 0.289 e. The van der Waals surface area contributed by atoms with Crippen LogP contribution in [-0.4, -0.2) is 40.0 Å². The molecule has 0 saturated carbocycles. The van der Waals surface area contributed by atoms with Crippen LogP contribution in [0.25, 0.3) is 11.0 Å². The van der Waals surface area contributed by atoms with Gasteiger partial charge in [0, 0.05) is 24.8 Å². The fourth-order valence-corrected chi connectivity index (χ4v) is 3.11. The molecule has 1 aliphatic heterocycles. The Morgan fingerprint density at radius 2 is 1.96 bits per heavy atom. The van der Waals surface area contributed by atoms with Gasteiger partial charge in [-0.3, -0.25) is 4.79 Å². The second-order valence-electron chi connectivity index (χ2n) is 6.63. The number of nitrogens with zero attached hydrogens (tertiary/aromatic N) is 4. The van der Waals surface area contributed by atoms with Crippen molar-refractivity contribution in [3.05, 3.63) is 23.1 Å². The van der Waals surface area contributed by atoms with E-state index in [-0.39, 0.29) is 17.8 Å². The third-order valence-electron chi connectivity index (χ3n) is 4.57. The third kappa shape index (κ3) is 3.18. The van der Waals surface area contributed by atoms with E-state index in [1.807, 2.05) is 26.8 Å². The lowest BCUT2D eigenvalue weighted by Gasteiger charge is -2.20. The van der Waals surface area contributed by atoms with Crippen molar-refractivity contribution < 1.29 is 4.79 Å². The molecule has 2 aromatic heterocycles. The summed E-state index contributed by atoms with van der Waals surface area (Å²) in [6, 6.07) is 2.14. The monoisotopic (exact) mass is 327 g/mol. The van der Waals surface area contributed by atoms with E-state index in [0.29, 0.717) is 5.65 Å². The summed E-state index contributed by atoms with van der Waals surface area (Å²) in [5.74, 6) is 0.826. The highest BCUT2D eigenvalue weighted by atomic mass is 16.2. The number of carbonyl (C=O) groups excluding carboxylic acids is 1. The Morgan fingerprint density at radius 3 is 2.62 bits per heavy atom. The highest BCUT2D eigenvalue weighted by Gasteiger charge is 2.22. The Labute approximate surface area is 142 Å². The molecule has 0 radical (unpaired) electrons. The van der Waals surface area contributed by atoms with Gasteiger partial charge < -0.3 is 10.2 Å². The fourth-order valence-electron chi connectivity index (χ4n) is 3.11. The molecule has 1 atom stereocenters. The standard InChI is InChI=1S/C18H25N5O/c1-5-12(3)20-18(24)16-21-15-14(11(2)10-13(4)19-15)17(22-16)23-8-6-7-9-23/h10,12H,5-9H2,1-4H3,(H,20,24). The predicted molar refractivity (Wildman–Crippen MR) is 95.5 cm³/mol. The van der Waals surface area contributed by atoms with E-state index in [4.69, 9.17) is 0 Å². The highest BCUT2D eigenvalue weighted by molar-refractivity contribution is 5.97. The quantitative estimate of drug-likeness (QED) is 0.935. The molecule has 2 aromatic rings. The Kier molecular flexibility index (Phi) is 4.64. The van der Waals surface area contributed by atoms with Crippen molar-refractivity contribution in [2.75, 3.05) is 18.0 Å². The summed E-state index contributed by atoms with van der Waals surface area (Å²) in [5.41, 5.74) is 2.62. The van der Waals surface area contributed by atoms with E-state index in [2.05, 4.69) is 32.1 Å². The van der Waals surface area contributed by atoms with Gasteiger partial charge in [0.1, 0.15) is 5.82 Å². The molecule has 1 N–H and O–H groups in total. The predicted octanol–water partition coefficient (Wildman–Crippen LogP) is 2.77. The van der Waals surface area contributed by atoms with Crippen molar-refractivity contribution in [3.63, 3.8) is 0 Å². The fraction of sp³-hybridized carbons (Fsp3) is 0.556. The number of aryl methyl sites for hydroxylation is 2. The lowest BCUT2D eigenvalue weighted by Crippen LogP contribution is -2.34. The number of carbonyl (C=O) groups is 1. The van der Waals surface area contributed by atoms with Crippen LogP contribution in [0.3, 0.4) is 0 Å².